The second-order valence-electron chi connectivity index (χ2n) is 5.44. The number of anilines is 1. The number of fused-ring (bicyclic) bond motifs is 1. The maximum Gasteiger partial charge on any atom is 0.173 e. The maximum atomic E-state index is 9.66. The number of hydrogen-bond acceptors (Lipinski definition) is 4. The number of methoxy groups -OCH3 is 1. The fourth-order valence-corrected chi connectivity index (χ4v) is 2.91. The molecule has 3 N–H and O–H groups in total. The van der Waals surface area contributed by atoms with E-state index in [1.54, 1.807) is 19.2 Å². The predicted octanol–water partition coefficient (Wildman–Crippen LogP) is 2.86. The van der Waals surface area contributed by atoms with Crippen molar-refractivity contribution in [3.05, 3.63) is 47.5 Å². The molecule has 0 unspecified atom stereocenters. The lowest BCUT2D eigenvalue weighted by atomic mass is 9.99. The first-order valence-corrected chi connectivity index (χ1v) is 7.71. The molecule has 23 heavy (non-hydrogen) atoms. The van der Waals surface area contributed by atoms with Gasteiger partial charge in [0.2, 0.25) is 0 Å². The van der Waals surface area contributed by atoms with Gasteiger partial charge < -0.3 is 25.2 Å². The van der Waals surface area contributed by atoms with E-state index in [9.17, 15) is 10.2 Å². The Labute approximate surface area is 140 Å². The third-order valence-electron chi connectivity index (χ3n) is 3.94. The standard InChI is InChI=1S/C17H18N2O3S/c1-22-14-4-2-13(3-5-14)18-17(23)19-7-6-11-8-15(20)16(21)9-12(11)10-19/h2-5,8-9,20-21H,6-7,10H2,1H3,(H,18,23). The molecule has 5 nitrogen and oxygen atoms in total. The first-order valence-electron chi connectivity index (χ1n) is 7.30. The summed E-state index contributed by atoms with van der Waals surface area (Å²) < 4.78 is 5.14. The Morgan fingerprint density at radius 2 is 1.78 bits per heavy atom. The summed E-state index contributed by atoms with van der Waals surface area (Å²) in [4.78, 5) is 2.04. The highest BCUT2D eigenvalue weighted by Gasteiger charge is 2.20. The predicted molar refractivity (Wildman–Crippen MR) is 93.1 cm³/mol. The third kappa shape index (κ3) is 3.32. The summed E-state index contributed by atoms with van der Waals surface area (Å²) >= 11 is 5.48. The van der Waals surface area contributed by atoms with Crippen LogP contribution in [0.4, 0.5) is 5.69 Å². The van der Waals surface area contributed by atoms with Gasteiger partial charge in [0.15, 0.2) is 16.6 Å². The molecule has 0 saturated carbocycles. The molecule has 0 saturated heterocycles. The van der Waals surface area contributed by atoms with E-state index in [-0.39, 0.29) is 11.5 Å². The lowest BCUT2D eigenvalue weighted by molar-refractivity contribution is 0.382. The molecular formula is C17H18N2O3S. The van der Waals surface area contributed by atoms with Crippen LogP contribution in [0.5, 0.6) is 17.2 Å². The zero-order chi connectivity index (χ0) is 16.4. The smallest absolute Gasteiger partial charge is 0.173 e. The summed E-state index contributed by atoms with van der Waals surface area (Å²) in [6, 6.07) is 10.8. The van der Waals surface area contributed by atoms with Gasteiger partial charge >= 0.3 is 0 Å². The fourth-order valence-electron chi connectivity index (χ4n) is 2.63. The van der Waals surface area contributed by atoms with Crippen LogP contribution in [0, 0.1) is 0 Å². The highest BCUT2D eigenvalue weighted by molar-refractivity contribution is 7.80. The number of ether oxygens (including phenoxy) is 1. The zero-order valence-electron chi connectivity index (χ0n) is 12.7. The minimum atomic E-state index is -0.0976. The van der Waals surface area contributed by atoms with E-state index >= 15 is 0 Å². The number of thiocarbonyl (C=S) groups is 1. The van der Waals surface area contributed by atoms with Crippen molar-refractivity contribution in [3.63, 3.8) is 0 Å². The second kappa shape index (κ2) is 6.34. The largest absolute Gasteiger partial charge is 0.504 e. The lowest BCUT2D eigenvalue weighted by Crippen LogP contribution is -2.38. The average Bonchev–Trinajstić information content (AvgIpc) is 2.56. The number of phenolic OH excluding ortho intramolecular Hbond substituents is 2. The quantitative estimate of drug-likeness (QED) is 0.581. The van der Waals surface area contributed by atoms with E-state index in [2.05, 4.69) is 5.32 Å². The van der Waals surface area contributed by atoms with Crippen molar-refractivity contribution in [2.24, 2.45) is 0 Å². The summed E-state index contributed by atoms with van der Waals surface area (Å²) in [5.74, 6) is 0.624. The van der Waals surface area contributed by atoms with Crippen LogP contribution in [0.15, 0.2) is 36.4 Å². The molecule has 0 aromatic heterocycles. The van der Waals surface area contributed by atoms with Crippen molar-refractivity contribution in [3.8, 4) is 17.2 Å². The van der Waals surface area contributed by atoms with E-state index < -0.39 is 0 Å². The van der Waals surface area contributed by atoms with Gasteiger partial charge in [-0.2, -0.15) is 0 Å². The van der Waals surface area contributed by atoms with Gasteiger partial charge in [-0.25, -0.2) is 0 Å². The molecule has 2 aromatic carbocycles. The lowest BCUT2D eigenvalue weighted by Gasteiger charge is -2.31. The van der Waals surface area contributed by atoms with Crippen LogP contribution in [0.2, 0.25) is 0 Å². The zero-order valence-corrected chi connectivity index (χ0v) is 13.6. The molecule has 1 heterocycles. The molecule has 120 valence electrons. The molecule has 0 atom stereocenters. The van der Waals surface area contributed by atoms with Crippen LogP contribution in [-0.4, -0.2) is 33.9 Å². The summed E-state index contributed by atoms with van der Waals surface area (Å²) in [7, 11) is 1.63. The summed E-state index contributed by atoms with van der Waals surface area (Å²) in [6.45, 7) is 1.37. The molecule has 0 aliphatic carbocycles. The second-order valence-corrected chi connectivity index (χ2v) is 5.83. The van der Waals surface area contributed by atoms with Crippen LogP contribution in [0.1, 0.15) is 11.1 Å². The van der Waals surface area contributed by atoms with Crippen LogP contribution in [-0.2, 0) is 13.0 Å². The van der Waals surface area contributed by atoms with Crippen molar-refractivity contribution < 1.29 is 14.9 Å². The molecule has 1 aliphatic rings. The number of nitrogens with one attached hydrogen (secondary N) is 1. The molecule has 0 radical (unpaired) electrons. The van der Waals surface area contributed by atoms with Crippen molar-refractivity contribution in [2.45, 2.75) is 13.0 Å². The molecular weight excluding hydrogens is 312 g/mol. The number of benzene rings is 2. The third-order valence-corrected chi connectivity index (χ3v) is 4.30. The van der Waals surface area contributed by atoms with E-state index in [4.69, 9.17) is 17.0 Å². The van der Waals surface area contributed by atoms with Gasteiger partial charge in [-0.05, 0) is 66.2 Å². The van der Waals surface area contributed by atoms with Crippen molar-refractivity contribution in [2.75, 3.05) is 19.0 Å². The van der Waals surface area contributed by atoms with Gasteiger partial charge in [-0.1, -0.05) is 0 Å². The molecule has 0 amide bonds. The average molecular weight is 330 g/mol. The number of aromatic hydroxyl groups is 2. The van der Waals surface area contributed by atoms with E-state index in [1.807, 2.05) is 29.2 Å². The van der Waals surface area contributed by atoms with Crippen LogP contribution in [0.3, 0.4) is 0 Å². The molecule has 1 aliphatic heterocycles. The highest BCUT2D eigenvalue weighted by atomic mass is 32.1. The van der Waals surface area contributed by atoms with Gasteiger partial charge in [0, 0.05) is 18.8 Å². The van der Waals surface area contributed by atoms with Gasteiger partial charge in [0.1, 0.15) is 5.75 Å². The van der Waals surface area contributed by atoms with Gasteiger partial charge in [0.05, 0.1) is 7.11 Å². The fraction of sp³-hybridized carbons (Fsp3) is 0.235. The number of rotatable bonds is 2. The minimum Gasteiger partial charge on any atom is -0.504 e. The highest BCUT2D eigenvalue weighted by Crippen LogP contribution is 2.31. The SMILES string of the molecule is COc1ccc(NC(=S)N2CCc3cc(O)c(O)cc3C2)cc1. The van der Waals surface area contributed by atoms with E-state index in [0.29, 0.717) is 11.7 Å². The number of phenols is 2. The number of hydrogen-bond donors (Lipinski definition) is 3. The molecule has 0 bridgehead atoms. The van der Waals surface area contributed by atoms with Crippen LogP contribution < -0.4 is 10.1 Å². The number of nitrogens with zero attached hydrogens (tertiary/aromatic N) is 1. The van der Waals surface area contributed by atoms with Crippen molar-refractivity contribution in [1.29, 1.82) is 0 Å². The van der Waals surface area contributed by atoms with Gasteiger partial charge in [-0.3, -0.25) is 0 Å². The summed E-state index contributed by atoms with van der Waals surface area (Å²) in [5.41, 5.74) is 2.92. The molecule has 0 spiro atoms. The topological polar surface area (TPSA) is 65.0 Å². The van der Waals surface area contributed by atoms with E-state index in [1.165, 1.54) is 0 Å². The van der Waals surface area contributed by atoms with E-state index in [0.717, 1.165) is 35.5 Å². The van der Waals surface area contributed by atoms with Gasteiger partial charge in [-0.15, -0.1) is 0 Å². The Bertz CT molecular complexity index is 731. The molecule has 2 aromatic rings. The maximum absolute atomic E-state index is 9.66. The first-order chi connectivity index (χ1) is 11.1. The summed E-state index contributed by atoms with van der Waals surface area (Å²) in [6.07, 6.45) is 0.771. The van der Waals surface area contributed by atoms with Crippen LogP contribution in [0.25, 0.3) is 0 Å². The Morgan fingerprint density at radius 3 is 2.43 bits per heavy atom. The molecule has 3 rings (SSSR count). The van der Waals surface area contributed by atoms with Crippen molar-refractivity contribution >= 4 is 23.0 Å². The Kier molecular flexibility index (Phi) is 4.25. The Hall–Kier alpha value is -2.47. The first kappa shape index (κ1) is 15.4. The Morgan fingerprint density at radius 1 is 1.13 bits per heavy atom. The van der Waals surface area contributed by atoms with Gasteiger partial charge in [0.25, 0.3) is 0 Å². The summed E-state index contributed by atoms with van der Waals surface area (Å²) in [5, 5.41) is 23.1. The normalized spacial score (nSPS) is 13.3. The monoisotopic (exact) mass is 330 g/mol. The Balaban J connectivity index is 1.69. The van der Waals surface area contributed by atoms with Crippen LogP contribution >= 0.6 is 12.2 Å². The molecule has 6 heteroatoms. The van der Waals surface area contributed by atoms with Crippen molar-refractivity contribution in [1.82, 2.24) is 4.90 Å². The molecule has 0 fully saturated rings. The minimum absolute atomic E-state index is 0.0730.